The molecule has 0 radical (unpaired) electrons. The molecule has 0 fully saturated rings. The minimum Gasteiger partial charge on any atom is -0.399 e. The van der Waals surface area contributed by atoms with Gasteiger partial charge in [-0.3, -0.25) is 9.59 Å². The predicted octanol–water partition coefficient (Wildman–Crippen LogP) is 4.50. The highest BCUT2D eigenvalue weighted by molar-refractivity contribution is 6.34. The van der Waals surface area contributed by atoms with E-state index in [0.717, 1.165) is 11.3 Å². The van der Waals surface area contributed by atoms with Crippen molar-refractivity contribution in [2.45, 2.75) is 0 Å². The fourth-order valence-corrected chi connectivity index (χ4v) is 3.29. The molecular formula is C25H24ClN3O3. The quantitative estimate of drug-likeness (QED) is 0.267. The van der Waals surface area contributed by atoms with Gasteiger partial charge in [-0.15, -0.1) is 0 Å². The van der Waals surface area contributed by atoms with Gasteiger partial charge in [0.25, 0.3) is 5.91 Å². The Morgan fingerprint density at radius 1 is 1.06 bits per heavy atom. The molecule has 1 amide bonds. The van der Waals surface area contributed by atoms with E-state index in [-0.39, 0.29) is 23.3 Å². The second kappa shape index (κ2) is 10.6. The lowest BCUT2D eigenvalue weighted by atomic mass is 10.1. The van der Waals surface area contributed by atoms with Gasteiger partial charge in [-0.1, -0.05) is 29.8 Å². The van der Waals surface area contributed by atoms with Crippen LogP contribution in [0.3, 0.4) is 0 Å². The zero-order chi connectivity index (χ0) is 23.1. The molecule has 0 atom stereocenters. The van der Waals surface area contributed by atoms with Crippen molar-refractivity contribution in [3.05, 3.63) is 94.5 Å². The zero-order valence-electron chi connectivity index (χ0n) is 17.6. The average molecular weight is 450 g/mol. The first-order chi connectivity index (χ1) is 15.4. The Labute approximate surface area is 191 Å². The lowest BCUT2D eigenvalue weighted by molar-refractivity contribution is 0.102. The Morgan fingerprint density at radius 2 is 1.75 bits per heavy atom. The summed E-state index contributed by atoms with van der Waals surface area (Å²) in [5.74, 6) is -0.506. The highest BCUT2D eigenvalue weighted by Gasteiger charge is 2.11. The molecule has 3 aromatic carbocycles. The lowest BCUT2D eigenvalue weighted by Crippen LogP contribution is -2.20. The number of allylic oxidation sites excluding steroid dienone is 1. The monoisotopic (exact) mass is 449 g/mol. The first-order valence-corrected chi connectivity index (χ1v) is 10.4. The number of amides is 1. The third kappa shape index (κ3) is 5.97. The van der Waals surface area contributed by atoms with E-state index in [0.29, 0.717) is 29.0 Å². The number of hydrogen-bond donors (Lipinski definition) is 3. The summed E-state index contributed by atoms with van der Waals surface area (Å²) in [6.07, 6.45) is 3.26. The summed E-state index contributed by atoms with van der Waals surface area (Å²) in [4.78, 5) is 26.8. The fourth-order valence-electron chi connectivity index (χ4n) is 3.02. The molecule has 4 N–H and O–H groups in total. The van der Waals surface area contributed by atoms with E-state index in [4.69, 9.17) is 22.4 Å². The van der Waals surface area contributed by atoms with E-state index < -0.39 is 0 Å². The van der Waals surface area contributed by atoms with Gasteiger partial charge in [0.1, 0.15) is 0 Å². The van der Waals surface area contributed by atoms with Crippen LogP contribution in [0.4, 0.5) is 17.1 Å². The van der Waals surface area contributed by atoms with E-state index in [1.54, 1.807) is 42.5 Å². The number of anilines is 3. The lowest BCUT2D eigenvalue weighted by Gasteiger charge is -2.17. The number of rotatable bonds is 8. The molecule has 3 rings (SSSR count). The van der Waals surface area contributed by atoms with E-state index in [1.807, 2.05) is 36.2 Å². The molecule has 0 aromatic heterocycles. The van der Waals surface area contributed by atoms with Gasteiger partial charge in [-0.05, 0) is 66.2 Å². The number of carbonyl (C=O) groups is 2. The maximum Gasteiger partial charge on any atom is 0.257 e. The fraction of sp³-hybridized carbons (Fsp3) is 0.120. The minimum atomic E-state index is -0.359. The molecule has 3 aromatic rings. The first kappa shape index (κ1) is 23.1. The van der Waals surface area contributed by atoms with Gasteiger partial charge >= 0.3 is 0 Å². The smallest absolute Gasteiger partial charge is 0.257 e. The molecule has 7 heteroatoms. The van der Waals surface area contributed by atoms with Gasteiger partial charge in [0.2, 0.25) is 0 Å². The van der Waals surface area contributed by atoms with Crippen LogP contribution in [0.1, 0.15) is 26.3 Å². The highest BCUT2D eigenvalue weighted by Crippen LogP contribution is 2.21. The first-order valence-electron chi connectivity index (χ1n) is 9.98. The summed E-state index contributed by atoms with van der Waals surface area (Å²) in [7, 11) is 1.90. The zero-order valence-corrected chi connectivity index (χ0v) is 18.3. The number of likely N-dealkylation sites (N-methyl/N-ethyl adjacent to an activating group) is 1. The Balaban J connectivity index is 1.61. The van der Waals surface area contributed by atoms with Crippen LogP contribution in [0, 0.1) is 0 Å². The molecule has 164 valence electrons. The number of aliphatic hydroxyl groups excluding tert-OH is 1. The minimum absolute atomic E-state index is 0.0876. The van der Waals surface area contributed by atoms with Crippen molar-refractivity contribution in [1.82, 2.24) is 0 Å². The van der Waals surface area contributed by atoms with Gasteiger partial charge in [-0.25, -0.2) is 0 Å². The Hall–Kier alpha value is -3.61. The normalized spacial score (nSPS) is 10.8. The molecule has 6 nitrogen and oxygen atoms in total. The Morgan fingerprint density at radius 3 is 2.38 bits per heavy atom. The maximum atomic E-state index is 12.5. The average Bonchev–Trinajstić information content (AvgIpc) is 2.78. The van der Waals surface area contributed by atoms with E-state index >= 15 is 0 Å². The third-order valence-corrected chi connectivity index (χ3v) is 5.17. The van der Waals surface area contributed by atoms with Crippen LogP contribution in [0.2, 0.25) is 5.02 Å². The summed E-state index contributed by atoms with van der Waals surface area (Å²) >= 11 is 6.08. The predicted molar refractivity (Wildman–Crippen MR) is 130 cm³/mol. The van der Waals surface area contributed by atoms with Gasteiger partial charge in [-0.2, -0.15) is 0 Å². The largest absolute Gasteiger partial charge is 0.399 e. The van der Waals surface area contributed by atoms with Crippen LogP contribution in [-0.4, -0.2) is 37.0 Å². The van der Waals surface area contributed by atoms with Gasteiger partial charge in [0, 0.05) is 36.2 Å². The molecule has 0 aliphatic carbocycles. The standard InChI is InChI=1S/C25H24ClN3O3/c1-29(14-15-30)21-10-2-17(3-11-21)4-13-24(31)18-5-8-20(9-6-18)28-25(32)22-12-7-19(27)16-23(22)26/h2-13,16,30H,14-15,27H2,1H3,(H,28,32)/b13-4+. The molecule has 32 heavy (non-hydrogen) atoms. The molecule has 0 aliphatic rings. The summed E-state index contributed by atoms with van der Waals surface area (Å²) in [6.45, 7) is 0.640. The van der Waals surface area contributed by atoms with Gasteiger partial charge < -0.3 is 21.1 Å². The molecule has 0 saturated carbocycles. The number of hydrogen-bond acceptors (Lipinski definition) is 5. The number of halogens is 1. The number of nitrogens with two attached hydrogens (primary N) is 1. The number of carbonyl (C=O) groups excluding carboxylic acids is 2. The van der Waals surface area contributed by atoms with Crippen LogP contribution in [0.5, 0.6) is 0 Å². The third-order valence-electron chi connectivity index (χ3n) is 4.86. The number of nitrogens with zero attached hydrogens (tertiary/aromatic N) is 1. The summed E-state index contributed by atoms with van der Waals surface area (Å²) in [6, 6.07) is 19.0. The summed E-state index contributed by atoms with van der Waals surface area (Å²) in [5, 5.41) is 12.0. The Kier molecular flexibility index (Phi) is 7.65. The maximum absolute atomic E-state index is 12.5. The molecule has 0 aliphatic heterocycles. The van der Waals surface area contributed by atoms with Gasteiger partial charge in [0.15, 0.2) is 5.78 Å². The van der Waals surface area contributed by atoms with Gasteiger partial charge in [0.05, 0.1) is 17.2 Å². The number of aliphatic hydroxyl groups is 1. The molecule has 0 unspecified atom stereocenters. The topological polar surface area (TPSA) is 95.7 Å². The second-order valence-corrected chi connectivity index (χ2v) is 7.61. The summed E-state index contributed by atoms with van der Waals surface area (Å²) < 4.78 is 0. The highest BCUT2D eigenvalue weighted by atomic mass is 35.5. The van der Waals surface area contributed by atoms with Crippen molar-refractivity contribution in [3.63, 3.8) is 0 Å². The molecule has 0 spiro atoms. The second-order valence-electron chi connectivity index (χ2n) is 7.21. The van der Waals surface area contributed by atoms with E-state index in [1.165, 1.54) is 12.1 Å². The van der Waals surface area contributed by atoms with Crippen molar-refractivity contribution < 1.29 is 14.7 Å². The van der Waals surface area contributed by atoms with Crippen molar-refractivity contribution >= 4 is 46.4 Å². The Bertz CT molecular complexity index is 1130. The van der Waals surface area contributed by atoms with Crippen molar-refractivity contribution in [1.29, 1.82) is 0 Å². The molecule has 0 heterocycles. The molecule has 0 bridgehead atoms. The molecule has 0 saturated heterocycles. The van der Waals surface area contributed by atoms with Crippen LogP contribution >= 0.6 is 11.6 Å². The summed E-state index contributed by atoms with van der Waals surface area (Å²) in [5.41, 5.74) is 9.38. The van der Waals surface area contributed by atoms with Crippen LogP contribution in [0.25, 0.3) is 6.08 Å². The van der Waals surface area contributed by atoms with Crippen molar-refractivity contribution in [3.8, 4) is 0 Å². The number of ketones is 1. The van der Waals surface area contributed by atoms with Crippen LogP contribution in [-0.2, 0) is 0 Å². The van der Waals surface area contributed by atoms with E-state index in [9.17, 15) is 9.59 Å². The molecular weight excluding hydrogens is 426 g/mol. The number of nitrogens with one attached hydrogen (secondary N) is 1. The van der Waals surface area contributed by atoms with Crippen LogP contribution in [0.15, 0.2) is 72.8 Å². The van der Waals surface area contributed by atoms with Crippen molar-refractivity contribution in [2.24, 2.45) is 0 Å². The van der Waals surface area contributed by atoms with E-state index in [2.05, 4.69) is 5.32 Å². The SMILES string of the molecule is CN(CCO)c1ccc(/C=C/C(=O)c2ccc(NC(=O)c3ccc(N)cc3Cl)cc2)cc1. The van der Waals surface area contributed by atoms with Crippen molar-refractivity contribution in [2.75, 3.05) is 36.1 Å². The number of nitrogen functional groups attached to an aromatic ring is 1. The number of benzene rings is 3. The van der Waals surface area contributed by atoms with Crippen LogP contribution < -0.4 is 16.0 Å².